The Hall–Kier alpha value is -0.0800. The highest BCUT2D eigenvalue weighted by Gasteiger charge is 2.33. The van der Waals surface area contributed by atoms with E-state index in [1.165, 1.54) is 0 Å². The monoisotopic (exact) mass is 129 g/mol. The van der Waals surface area contributed by atoms with Crippen LogP contribution in [0.5, 0.6) is 0 Å². The summed E-state index contributed by atoms with van der Waals surface area (Å²) in [5.74, 6) is 0.542. The minimum atomic E-state index is -0.0278. The van der Waals surface area contributed by atoms with Gasteiger partial charge in [-0.3, -0.25) is 0 Å². The van der Waals surface area contributed by atoms with Gasteiger partial charge in [-0.1, -0.05) is 13.8 Å². The lowest BCUT2D eigenvalue weighted by Gasteiger charge is -2.25. The number of rotatable bonds is 1. The minimum absolute atomic E-state index is 0.0278. The molecule has 0 bridgehead atoms. The summed E-state index contributed by atoms with van der Waals surface area (Å²) in [6.07, 6.45) is 1.02. The molecule has 0 unspecified atom stereocenters. The first kappa shape index (κ1) is 7.03. The molecule has 1 aliphatic heterocycles. The molecular formula is C7H15NO. The third-order valence-electron chi connectivity index (χ3n) is 2.23. The number of ether oxygens (including phenoxy) is 1. The van der Waals surface area contributed by atoms with Crippen molar-refractivity contribution in [3.8, 4) is 0 Å². The summed E-state index contributed by atoms with van der Waals surface area (Å²) in [4.78, 5) is 0. The fraction of sp³-hybridized carbons (Fsp3) is 1.00. The Balaban J connectivity index is 2.51. The summed E-state index contributed by atoms with van der Waals surface area (Å²) in [7, 11) is 0. The average molecular weight is 129 g/mol. The molecule has 2 N–H and O–H groups in total. The van der Waals surface area contributed by atoms with E-state index in [1.807, 2.05) is 0 Å². The zero-order valence-electron chi connectivity index (χ0n) is 6.18. The normalized spacial score (nSPS) is 36.0. The van der Waals surface area contributed by atoms with Crippen LogP contribution in [0, 0.1) is 5.92 Å². The predicted octanol–water partition coefficient (Wildman–Crippen LogP) is 0.760. The fourth-order valence-corrected chi connectivity index (χ4v) is 1.05. The molecule has 1 fully saturated rings. The van der Waals surface area contributed by atoms with Gasteiger partial charge in [0.15, 0.2) is 0 Å². The van der Waals surface area contributed by atoms with Crippen LogP contribution in [0.3, 0.4) is 0 Å². The minimum Gasteiger partial charge on any atom is -0.379 e. The molecule has 0 aliphatic carbocycles. The van der Waals surface area contributed by atoms with E-state index >= 15 is 0 Å². The van der Waals surface area contributed by atoms with Gasteiger partial charge in [-0.15, -0.1) is 0 Å². The van der Waals surface area contributed by atoms with E-state index in [-0.39, 0.29) is 5.54 Å². The summed E-state index contributed by atoms with van der Waals surface area (Å²) in [6, 6.07) is 0. The molecule has 54 valence electrons. The second-order valence-corrected chi connectivity index (χ2v) is 3.19. The highest BCUT2D eigenvalue weighted by molar-refractivity contribution is 4.90. The van der Waals surface area contributed by atoms with Crippen LogP contribution in [0.15, 0.2) is 0 Å². The van der Waals surface area contributed by atoms with Crippen molar-refractivity contribution in [2.24, 2.45) is 11.7 Å². The highest BCUT2D eigenvalue weighted by Crippen LogP contribution is 2.23. The van der Waals surface area contributed by atoms with Gasteiger partial charge in [-0.2, -0.15) is 0 Å². The van der Waals surface area contributed by atoms with Gasteiger partial charge in [0.1, 0.15) is 0 Å². The van der Waals surface area contributed by atoms with Crippen LogP contribution in [0.25, 0.3) is 0 Å². The van der Waals surface area contributed by atoms with Gasteiger partial charge in [0.05, 0.1) is 6.61 Å². The molecule has 1 saturated heterocycles. The molecule has 2 heteroatoms. The first-order valence-electron chi connectivity index (χ1n) is 3.52. The Bertz CT molecular complexity index is 95.1. The van der Waals surface area contributed by atoms with Gasteiger partial charge in [0.25, 0.3) is 0 Å². The van der Waals surface area contributed by atoms with E-state index in [9.17, 15) is 0 Å². The first-order chi connectivity index (χ1) is 4.15. The molecule has 0 saturated carbocycles. The summed E-state index contributed by atoms with van der Waals surface area (Å²) in [5, 5.41) is 0. The van der Waals surface area contributed by atoms with Crippen molar-refractivity contribution in [1.29, 1.82) is 0 Å². The molecule has 0 aromatic carbocycles. The Morgan fingerprint density at radius 2 is 2.22 bits per heavy atom. The Kier molecular flexibility index (Phi) is 1.78. The van der Waals surface area contributed by atoms with Gasteiger partial charge in [0, 0.05) is 12.1 Å². The van der Waals surface area contributed by atoms with Crippen LogP contribution in [0.1, 0.15) is 20.3 Å². The predicted molar refractivity (Wildman–Crippen MR) is 37.2 cm³/mol. The van der Waals surface area contributed by atoms with Crippen LogP contribution < -0.4 is 5.73 Å². The van der Waals surface area contributed by atoms with Crippen molar-refractivity contribution in [1.82, 2.24) is 0 Å². The molecule has 2 nitrogen and oxygen atoms in total. The van der Waals surface area contributed by atoms with Crippen molar-refractivity contribution < 1.29 is 4.74 Å². The largest absolute Gasteiger partial charge is 0.379 e. The van der Waals surface area contributed by atoms with Crippen molar-refractivity contribution in [2.45, 2.75) is 25.8 Å². The lowest BCUT2D eigenvalue weighted by atomic mass is 9.87. The zero-order chi connectivity index (χ0) is 6.91. The first-order valence-corrected chi connectivity index (χ1v) is 3.52. The van der Waals surface area contributed by atoms with E-state index in [1.54, 1.807) is 0 Å². The van der Waals surface area contributed by atoms with Crippen molar-refractivity contribution in [2.75, 3.05) is 13.2 Å². The van der Waals surface area contributed by atoms with Crippen molar-refractivity contribution in [3.63, 3.8) is 0 Å². The molecule has 1 atom stereocenters. The summed E-state index contributed by atoms with van der Waals surface area (Å²) >= 11 is 0. The van der Waals surface area contributed by atoms with E-state index < -0.39 is 0 Å². The fourth-order valence-electron chi connectivity index (χ4n) is 1.05. The van der Waals surface area contributed by atoms with Gasteiger partial charge in [-0.05, 0) is 12.3 Å². The van der Waals surface area contributed by atoms with E-state index in [0.29, 0.717) is 5.92 Å². The second kappa shape index (κ2) is 2.27. The number of hydrogen-bond donors (Lipinski definition) is 1. The van der Waals surface area contributed by atoms with Crippen LogP contribution in [0.4, 0.5) is 0 Å². The van der Waals surface area contributed by atoms with E-state index in [4.69, 9.17) is 10.5 Å². The molecule has 0 aromatic rings. The lowest BCUT2D eigenvalue weighted by molar-refractivity contribution is 0.164. The Labute approximate surface area is 56.4 Å². The maximum atomic E-state index is 5.98. The second-order valence-electron chi connectivity index (χ2n) is 3.19. The van der Waals surface area contributed by atoms with Gasteiger partial charge < -0.3 is 10.5 Å². The molecule has 1 rings (SSSR count). The van der Waals surface area contributed by atoms with E-state index in [2.05, 4.69) is 13.8 Å². The molecule has 0 aromatic heterocycles. The van der Waals surface area contributed by atoms with E-state index in [0.717, 1.165) is 19.6 Å². The maximum Gasteiger partial charge on any atom is 0.0649 e. The molecule has 0 radical (unpaired) electrons. The standard InChI is InChI=1S/C7H15NO/c1-6(2)7(8)3-4-9-5-7/h6H,3-5,8H2,1-2H3/t7-/m0/s1. The van der Waals surface area contributed by atoms with Crippen LogP contribution in [-0.4, -0.2) is 18.8 Å². The topological polar surface area (TPSA) is 35.2 Å². The average Bonchev–Trinajstić information content (AvgIpc) is 2.16. The molecule has 0 spiro atoms. The third-order valence-corrected chi connectivity index (χ3v) is 2.23. The van der Waals surface area contributed by atoms with Crippen molar-refractivity contribution >= 4 is 0 Å². The third kappa shape index (κ3) is 1.25. The molecule has 1 heterocycles. The molecule has 9 heavy (non-hydrogen) atoms. The molecular weight excluding hydrogens is 114 g/mol. The van der Waals surface area contributed by atoms with Gasteiger partial charge in [0.2, 0.25) is 0 Å². The smallest absolute Gasteiger partial charge is 0.0649 e. The Morgan fingerprint density at radius 3 is 2.44 bits per heavy atom. The van der Waals surface area contributed by atoms with Crippen LogP contribution in [0.2, 0.25) is 0 Å². The maximum absolute atomic E-state index is 5.98. The highest BCUT2D eigenvalue weighted by atomic mass is 16.5. The summed E-state index contributed by atoms with van der Waals surface area (Å²) in [5.41, 5.74) is 5.95. The molecule has 1 aliphatic rings. The Morgan fingerprint density at radius 1 is 1.56 bits per heavy atom. The number of nitrogens with two attached hydrogens (primary N) is 1. The quantitative estimate of drug-likeness (QED) is 0.567. The zero-order valence-corrected chi connectivity index (χ0v) is 6.18. The van der Waals surface area contributed by atoms with Gasteiger partial charge >= 0.3 is 0 Å². The van der Waals surface area contributed by atoms with Crippen LogP contribution in [-0.2, 0) is 4.74 Å². The molecule has 0 amide bonds. The van der Waals surface area contributed by atoms with Gasteiger partial charge in [-0.25, -0.2) is 0 Å². The van der Waals surface area contributed by atoms with Crippen LogP contribution >= 0.6 is 0 Å². The lowest BCUT2D eigenvalue weighted by Crippen LogP contribution is -2.45. The summed E-state index contributed by atoms with van der Waals surface area (Å²) < 4.78 is 5.20. The SMILES string of the molecule is CC(C)[C@]1(N)CCOC1. The summed E-state index contributed by atoms with van der Waals surface area (Å²) in [6.45, 7) is 5.88. The number of hydrogen-bond acceptors (Lipinski definition) is 2. The van der Waals surface area contributed by atoms with Crippen molar-refractivity contribution in [3.05, 3.63) is 0 Å².